The first-order valence-electron chi connectivity index (χ1n) is 7.44. The Bertz CT molecular complexity index is 364. The molecule has 0 atom stereocenters. The van der Waals surface area contributed by atoms with Crippen LogP contribution in [0.5, 0.6) is 0 Å². The fraction of sp³-hybridized carbons (Fsp3) is 0.688. The summed E-state index contributed by atoms with van der Waals surface area (Å²) in [5.74, 6) is 0. The Balaban J connectivity index is 2.73. The maximum atomic E-state index is 6.01. The molecule has 0 amide bonds. The maximum absolute atomic E-state index is 6.01. The molecule has 3 heteroatoms. The summed E-state index contributed by atoms with van der Waals surface area (Å²) in [6.45, 7) is 12.5. The topological polar surface area (TPSA) is 42.2 Å². The van der Waals surface area contributed by atoms with E-state index in [0.29, 0.717) is 0 Å². The summed E-state index contributed by atoms with van der Waals surface area (Å²) in [6, 6.07) is 6.24. The van der Waals surface area contributed by atoms with E-state index < -0.39 is 0 Å². The van der Waals surface area contributed by atoms with Crippen molar-refractivity contribution in [3.63, 3.8) is 0 Å². The average molecular weight is 263 g/mol. The number of hydrogen-bond acceptors (Lipinski definition) is 3. The van der Waals surface area contributed by atoms with Crippen molar-refractivity contribution >= 4 is 0 Å². The Morgan fingerprint density at radius 3 is 2.37 bits per heavy atom. The van der Waals surface area contributed by atoms with Gasteiger partial charge in [-0.2, -0.15) is 0 Å². The van der Waals surface area contributed by atoms with Gasteiger partial charge in [-0.15, -0.1) is 0 Å². The van der Waals surface area contributed by atoms with Crippen molar-refractivity contribution in [2.75, 3.05) is 19.6 Å². The van der Waals surface area contributed by atoms with Gasteiger partial charge in [-0.25, -0.2) is 0 Å². The molecule has 0 radical (unpaired) electrons. The van der Waals surface area contributed by atoms with Gasteiger partial charge in [0.05, 0.1) is 5.69 Å². The highest BCUT2D eigenvalue weighted by Crippen LogP contribution is 2.26. The van der Waals surface area contributed by atoms with Crippen molar-refractivity contribution in [1.29, 1.82) is 0 Å². The molecular formula is C16H29N3. The lowest BCUT2D eigenvalue weighted by Crippen LogP contribution is -2.41. The zero-order valence-corrected chi connectivity index (χ0v) is 12.9. The van der Waals surface area contributed by atoms with E-state index in [2.05, 4.69) is 42.8 Å². The minimum Gasteiger partial charge on any atom is -0.330 e. The Hall–Kier alpha value is -0.930. The van der Waals surface area contributed by atoms with Gasteiger partial charge >= 0.3 is 0 Å². The number of nitrogens with zero attached hydrogens (tertiary/aromatic N) is 2. The van der Waals surface area contributed by atoms with Crippen LogP contribution in [-0.4, -0.2) is 29.5 Å². The molecule has 1 heterocycles. The molecule has 0 spiro atoms. The second-order valence-corrected chi connectivity index (χ2v) is 5.48. The van der Waals surface area contributed by atoms with Gasteiger partial charge in [0.2, 0.25) is 0 Å². The van der Waals surface area contributed by atoms with Crippen molar-refractivity contribution in [3.8, 4) is 0 Å². The molecule has 1 rings (SSSR count). The lowest BCUT2D eigenvalue weighted by atomic mass is 9.82. The monoisotopic (exact) mass is 263 g/mol. The van der Waals surface area contributed by atoms with Crippen LogP contribution in [0.4, 0.5) is 0 Å². The Kier molecular flexibility index (Phi) is 6.46. The molecule has 0 aliphatic rings. The van der Waals surface area contributed by atoms with Crippen LogP contribution in [0.15, 0.2) is 18.2 Å². The third-order valence-corrected chi connectivity index (χ3v) is 4.27. The molecule has 0 saturated carbocycles. The van der Waals surface area contributed by atoms with E-state index in [4.69, 9.17) is 5.73 Å². The molecule has 1 aromatic heterocycles. The molecular weight excluding hydrogens is 234 g/mol. The van der Waals surface area contributed by atoms with Crippen molar-refractivity contribution < 1.29 is 0 Å². The Labute approximate surface area is 118 Å². The molecule has 108 valence electrons. The van der Waals surface area contributed by atoms with Crippen molar-refractivity contribution in [3.05, 3.63) is 29.6 Å². The van der Waals surface area contributed by atoms with E-state index in [1.54, 1.807) is 0 Å². The predicted molar refractivity (Wildman–Crippen MR) is 82.0 cm³/mol. The maximum Gasteiger partial charge on any atom is 0.0547 e. The number of aromatic nitrogens is 1. The summed E-state index contributed by atoms with van der Waals surface area (Å²) >= 11 is 0. The summed E-state index contributed by atoms with van der Waals surface area (Å²) in [5, 5.41) is 0. The molecule has 3 nitrogen and oxygen atoms in total. The molecule has 19 heavy (non-hydrogen) atoms. The van der Waals surface area contributed by atoms with E-state index in [0.717, 1.165) is 50.4 Å². The second kappa shape index (κ2) is 7.61. The number of nitrogens with two attached hydrogens (primary N) is 1. The normalized spacial score (nSPS) is 12.1. The Morgan fingerprint density at radius 2 is 1.89 bits per heavy atom. The highest BCUT2D eigenvalue weighted by atomic mass is 15.1. The molecule has 0 fully saturated rings. The second-order valence-electron chi connectivity index (χ2n) is 5.48. The first-order chi connectivity index (χ1) is 9.09. The first-order valence-corrected chi connectivity index (χ1v) is 7.44. The Morgan fingerprint density at radius 1 is 1.21 bits per heavy atom. The SMILES string of the molecule is CCN(Cc1cccc(C)n1)CC(CC)(CC)CN. The largest absolute Gasteiger partial charge is 0.330 e. The van der Waals surface area contributed by atoms with Crippen LogP contribution < -0.4 is 5.73 Å². The smallest absolute Gasteiger partial charge is 0.0547 e. The summed E-state index contributed by atoms with van der Waals surface area (Å²) in [4.78, 5) is 7.06. The van der Waals surface area contributed by atoms with Gasteiger partial charge in [-0.3, -0.25) is 9.88 Å². The van der Waals surface area contributed by atoms with E-state index in [1.165, 1.54) is 0 Å². The minimum atomic E-state index is 0.250. The van der Waals surface area contributed by atoms with E-state index in [1.807, 2.05) is 13.0 Å². The summed E-state index contributed by atoms with van der Waals surface area (Å²) in [5.41, 5.74) is 8.50. The molecule has 2 N–H and O–H groups in total. The fourth-order valence-electron chi connectivity index (χ4n) is 2.50. The van der Waals surface area contributed by atoms with Crippen molar-refractivity contribution in [2.45, 2.75) is 47.1 Å². The van der Waals surface area contributed by atoms with Crippen LogP contribution in [0.1, 0.15) is 45.0 Å². The fourth-order valence-corrected chi connectivity index (χ4v) is 2.50. The lowest BCUT2D eigenvalue weighted by molar-refractivity contribution is 0.142. The van der Waals surface area contributed by atoms with Gasteiger partial charge in [-0.05, 0) is 50.4 Å². The standard InChI is InChI=1S/C16H29N3/c1-5-16(6-2,12-17)13-19(7-3)11-15-10-8-9-14(4)18-15/h8-10H,5-7,11-13,17H2,1-4H3. The van der Waals surface area contributed by atoms with Crippen LogP contribution in [0.25, 0.3) is 0 Å². The van der Waals surface area contributed by atoms with Gasteiger partial charge in [0.25, 0.3) is 0 Å². The van der Waals surface area contributed by atoms with Gasteiger partial charge < -0.3 is 5.73 Å². The number of rotatable bonds is 8. The van der Waals surface area contributed by atoms with Crippen LogP contribution in [0.3, 0.4) is 0 Å². The minimum absolute atomic E-state index is 0.250. The average Bonchev–Trinajstić information content (AvgIpc) is 2.44. The third-order valence-electron chi connectivity index (χ3n) is 4.27. The summed E-state index contributed by atoms with van der Waals surface area (Å²) < 4.78 is 0. The predicted octanol–water partition coefficient (Wildman–Crippen LogP) is 2.98. The van der Waals surface area contributed by atoms with Crippen LogP contribution in [0, 0.1) is 12.3 Å². The first kappa shape index (κ1) is 16.1. The molecule has 0 aliphatic carbocycles. The molecule has 0 unspecified atom stereocenters. The van der Waals surface area contributed by atoms with Crippen molar-refractivity contribution in [1.82, 2.24) is 9.88 Å². The summed E-state index contributed by atoms with van der Waals surface area (Å²) in [7, 11) is 0. The molecule has 1 aromatic rings. The van der Waals surface area contributed by atoms with E-state index in [9.17, 15) is 0 Å². The van der Waals surface area contributed by atoms with Gasteiger partial charge in [0, 0.05) is 18.8 Å². The number of aryl methyl sites for hydroxylation is 1. The molecule has 0 aliphatic heterocycles. The van der Waals surface area contributed by atoms with Crippen LogP contribution in [0.2, 0.25) is 0 Å². The summed E-state index contributed by atoms with van der Waals surface area (Å²) in [6.07, 6.45) is 2.27. The van der Waals surface area contributed by atoms with E-state index >= 15 is 0 Å². The number of pyridine rings is 1. The van der Waals surface area contributed by atoms with Gasteiger partial charge in [0.1, 0.15) is 0 Å². The van der Waals surface area contributed by atoms with Gasteiger partial charge in [-0.1, -0.05) is 26.8 Å². The van der Waals surface area contributed by atoms with Crippen molar-refractivity contribution in [2.24, 2.45) is 11.1 Å². The van der Waals surface area contributed by atoms with Gasteiger partial charge in [0.15, 0.2) is 0 Å². The molecule has 0 saturated heterocycles. The molecule has 0 aromatic carbocycles. The highest BCUT2D eigenvalue weighted by Gasteiger charge is 2.26. The lowest BCUT2D eigenvalue weighted by Gasteiger charge is -2.35. The molecule has 0 bridgehead atoms. The van der Waals surface area contributed by atoms with Crippen LogP contribution in [-0.2, 0) is 6.54 Å². The highest BCUT2D eigenvalue weighted by molar-refractivity contribution is 5.09. The van der Waals surface area contributed by atoms with E-state index in [-0.39, 0.29) is 5.41 Å². The quantitative estimate of drug-likeness (QED) is 0.784. The third kappa shape index (κ3) is 4.59. The zero-order chi connectivity index (χ0) is 14.3. The number of hydrogen-bond donors (Lipinski definition) is 1. The van der Waals surface area contributed by atoms with Crippen LogP contribution >= 0.6 is 0 Å². The zero-order valence-electron chi connectivity index (χ0n) is 12.9.